The second kappa shape index (κ2) is 18.8. The van der Waals surface area contributed by atoms with Crippen molar-refractivity contribution in [2.45, 2.75) is 63.5 Å². The molecule has 3 N–H and O–H groups in total. The van der Waals surface area contributed by atoms with Gasteiger partial charge in [0.1, 0.15) is 24.2 Å². The third-order valence-electron chi connectivity index (χ3n) is 13.4. The number of methoxy groups -OCH3 is 1. The van der Waals surface area contributed by atoms with Crippen molar-refractivity contribution in [1.82, 2.24) is 35.1 Å². The van der Waals surface area contributed by atoms with Crippen LogP contribution in [0.2, 0.25) is 0 Å². The number of aromatic nitrogens is 4. The van der Waals surface area contributed by atoms with Gasteiger partial charge in [-0.1, -0.05) is 19.1 Å². The van der Waals surface area contributed by atoms with Gasteiger partial charge in [-0.15, -0.1) is 0 Å². The number of piperazine rings is 1. The smallest absolute Gasteiger partial charge is 0.234 e. The monoisotopic (exact) mass is 949 g/mol. The van der Waals surface area contributed by atoms with Crippen LogP contribution in [0.15, 0.2) is 71.6 Å². The minimum atomic E-state index is -2.77. The number of ether oxygens (including phenoxy) is 1. The molecule has 3 aromatic carbocycles. The van der Waals surface area contributed by atoms with Crippen LogP contribution in [-0.2, 0) is 20.6 Å². The molecular weight excluding hydrogens is 893 g/mol. The van der Waals surface area contributed by atoms with E-state index in [1.165, 1.54) is 16.9 Å². The molecule has 4 fully saturated rings. The van der Waals surface area contributed by atoms with Crippen LogP contribution in [0.5, 0.6) is 5.75 Å². The third-order valence-corrected chi connectivity index (χ3v) is 15.5. The Morgan fingerprint density at radius 3 is 2.23 bits per heavy atom. The number of piperidine rings is 2. The van der Waals surface area contributed by atoms with Crippen molar-refractivity contribution in [1.29, 1.82) is 0 Å². The minimum Gasteiger partial charge on any atom is -0.494 e. The topological polar surface area (TPSA) is 161 Å². The van der Waals surface area contributed by atoms with Crippen molar-refractivity contribution < 1.29 is 18.9 Å². The summed E-state index contributed by atoms with van der Waals surface area (Å²) in [5, 5.41) is 9.91. The molecule has 4 saturated heterocycles. The quantitative estimate of drug-likeness (QED) is 0.0878. The first kappa shape index (κ1) is 44.1. The van der Waals surface area contributed by atoms with Crippen molar-refractivity contribution in [3.8, 4) is 5.75 Å². The molecule has 2 atom stereocenters. The maximum Gasteiger partial charge on any atom is 0.234 e. The SMILES string of the molecule is CCc1cc(Nc2ncc(Br)c(Nc3ccc4nccnc4c3P(C)(C)=O)n2)c(OC)cc1N1CCC(N2CCN(C3CCN(c4ccc(C5CCC(=O)NC5=O)cc4)C3)CC2)CC1. The Balaban J connectivity index is 0.795. The Kier molecular flexibility index (Phi) is 12.9. The number of halogens is 1. The lowest BCUT2D eigenvalue weighted by Gasteiger charge is -2.44. The van der Waals surface area contributed by atoms with Gasteiger partial charge in [-0.3, -0.25) is 34.7 Å². The fourth-order valence-electron chi connectivity index (χ4n) is 10.0. The highest BCUT2D eigenvalue weighted by Gasteiger charge is 2.34. The number of rotatable bonds is 12. The molecule has 0 bridgehead atoms. The van der Waals surface area contributed by atoms with E-state index in [1.54, 1.807) is 39.0 Å². The molecule has 0 aliphatic carbocycles. The highest BCUT2D eigenvalue weighted by molar-refractivity contribution is 9.10. The van der Waals surface area contributed by atoms with Crippen molar-refractivity contribution >= 4 is 85.7 Å². The molecule has 4 aliphatic rings. The number of fused-ring (bicyclic) bond motifs is 1. The van der Waals surface area contributed by atoms with Gasteiger partial charge in [0, 0.05) is 107 Å². The summed E-state index contributed by atoms with van der Waals surface area (Å²) in [4.78, 5) is 52.7. The summed E-state index contributed by atoms with van der Waals surface area (Å²) < 4.78 is 20.2. The lowest BCUT2D eigenvalue weighted by atomic mass is 9.90. The largest absolute Gasteiger partial charge is 0.494 e. The third kappa shape index (κ3) is 9.33. The summed E-state index contributed by atoms with van der Waals surface area (Å²) in [6.07, 6.45) is 10.2. The number of carbonyl (C=O) groups is 2. The van der Waals surface area contributed by atoms with E-state index in [4.69, 9.17) is 9.72 Å². The van der Waals surface area contributed by atoms with Crippen molar-refractivity contribution in [2.24, 2.45) is 0 Å². The first-order valence-electron chi connectivity index (χ1n) is 22.4. The maximum atomic E-state index is 13.5. The standard InChI is InChI=1S/C47H57BrN11O4P/c1-5-30-26-39(53-47-51-28-36(48)45(55-47)52-38-12-11-37-43(50-18-17-49-37)44(38)64(3,4)62)41(63-2)27-40(30)58-19-14-33(15-20-58)56-22-24-57(25-23-56)34-16-21-59(29-34)32-8-6-31(7-9-32)35-10-13-42(60)54-46(35)61/h6-9,11-12,17-18,26-28,33-35H,5,10,13-16,19-25,29H2,1-4H3,(H,54,60,61)(H2,51,52,53,55). The highest BCUT2D eigenvalue weighted by atomic mass is 79.9. The zero-order valence-electron chi connectivity index (χ0n) is 37.0. The van der Waals surface area contributed by atoms with Gasteiger partial charge in [0.2, 0.25) is 17.8 Å². The number of amides is 2. The second-order valence-corrected chi connectivity index (χ2v) is 21.7. The predicted octanol–water partition coefficient (Wildman–Crippen LogP) is 6.87. The number of benzene rings is 3. The van der Waals surface area contributed by atoms with Crippen LogP contribution in [0.1, 0.15) is 56.1 Å². The number of imide groups is 1. The molecule has 9 rings (SSSR count). The van der Waals surface area contributed by atoms with Crippen molar-refractivity contribution in [3.63, 3.8) is 0 Å². The van der Waals surface area contributed by atoms with Gasteiger partial charge in [-0.25, -0.2) is 4.98 Å². The Hall–Kier alpha value is -5.15. The number of hydrogen-bond acceptors (Lipinski definition) is 14. The van der Waals surface area contributed by atoms with E-state index in [9.17, 15) is 14.2 Å². The van der Waals surface area contributed by atoms with Crippen molar-refractivity contribution in [2.75, 3.05) is 93.2 Å². The van der Waals surface area contributed by atoms with Crippen molar-refractivity contribution in [3.05, 3.63) is 82.7 Å². The number of hydrogen-bond donors (Lipinski definition) is 3. The molecule has 15 nitrogen and oxygen atoms in total. The van der Waals surface area contributed by atoms with E-state index in [-0.39, 0.29) is 17.7 Å². The summed E-state index contributed by atoms with van der Waals surface area (Å²) >= 11 is 3.61. The molecular formula is C47H57BrN11O4P. The van der Waals surface area contributed by atoms with Gasteiger partial charge in [-0.05, 0) is 103 Å². The van der Waals surface area contributed by atoms with E-state index >= 15 is 0 Å². The number of carbonyl (C=O) groups excluding carboxylic acids is 2. The molecule has 2 aromatic heterocycles. The normalized spacial score (nSPS) is 20.5. The molecule has 0 saturated carbocycles. The predicted molar refractivity (Wildman–Crippen MR) is 258 cm³/mol. The van der Waals surface area contributed by atoms with Gasteiger partial charge in [0.05, 0.1) is 39.7 Å². The molecule has 336 valence electrons. The van der Waals surface area contributed by atoms with Gasteiger partial charge in [0.15, 0.2) is 0 Å². The average Bonchev–Trinajstić information content (AvgIpc) is 3.80. The summed E-state index contributed by atoms with van der Waals surface area (Å²) in [7, 11) is -1.07. The summed E-state index contributed by atoms with van der Waals surface area (Å²) in [6, 6.07) is 17.6. The molecule has 0 radical (unpaired) electrons. The summed E-state index contributed by atoms with van der Waals surface area (Å²) in [6.45, 7) is 14.1. The molecule has 6 heterocycles. The fourth-order valence-corrected chi connectivity index (χ4v) is 11.7. The Labute approximate surface area is 383 Å². The molecule has 2 unspecified atom stereocenters. The number of anilines is 6. The molecule has 4 aliphatic heterocycles. The van der Waals surface area contributed by atoms with Gasteiger partial charge < -0.3 is 29.7 Å². The Morgan fingerprint density at radius 1 is 0.828 bits per heavy atom. The molecule has 0 spiro atoms. The number of aryl methyl sites for hydroxylation is 1. The van der Waals surface area contributed by atoms with Crippen LogP contribution < -0.4 is 35.8 Å². The molecule has 64 heavy (non-hydrogen) atoms. The summed E-state index contributed by atoms with van der Waals surface area (Å²) in [5.41, 5.74) is 7.34. The Morgan fingerprint density at radius 2 is 1.53 bits per heavy atom. The van der Waals surface area contributed by atoms with Crippen LogP contribution in [0, 0.1) is 0 Å². The number of nitrogens with zero attached hydrogens (tertiary/aromatic N) is 8. The number of nitrogens with one attached hydrogen (secondary N) is 3. The van der Waals surface area contributed by atoms with E-state index in [2.05, 4.69) is 110 Å². The zero-order chi connectivity index (χ0) is 44.5. The van der Waals surface area contributed by atoms with E-state index in [1.807, 2.05) is 12.1 Å². The van der Waals surface area contributed by atoms with Crippen LogP contribution in [0.4, 0.5) is 34.5 Å². The molecule has 17 heteroatoms. The fraction of sp³-hybridized carbons (Fsp3) is 0.447. The van der Waals surface area contributed by atoms with Gasteiger partial charge >= 0.3 is 0 Å². The van der Waals surface area contributed by atoms with E-state index < -0.39 is 7.14 Å². The maximum absolute atomic E-state index is 13.5. The average molecular weight is 951 g/mol. The highest BCUT2D eigenvalue weighted by Crippen LogP contribution is 2.42. The van der Waals surface area contributed by atoms with Crippen LogP contribution in [0.25, 0.3) is 11.0 Å². The summed E-state index contributed by atoms with van der Waals surface area (Å²) in [5.74, 6) is 1.02. The first-order valence-corrected chi connectivity index (χ1v) is 25.8. The lowest BCUT2D eigenvalue weighted by Crippen LogP contribution is -2.55. The minimum absolute atomic E-state index is 0.176. The zero-order valence-corrected chi connectivity index (χ0v) is 39.5. The van der Waals surface area contributed by atoms with Gasteiger partial charge in [-0.2, -0.15) is 4.98 Å². The second-order valence-electron chi connectivity index (χ2n) is 17.7. The van der Waals surface area contributed by atoms with Crippen LogP contribution >= 0.6 is 23.1 Å². The lowest BCUT2D eigenvalue weighted by molar-refractivity contribution is -0.134. The molecule has 2 amide bonds. The van der Waals surface area contributed by atoms with Gasteiger partial charge in [0.25, 0.3) is 0 Å². The van der Waals surface area contributed by atoms with Crippen LogP contribution in [0.3, 0.4) is 0 Å². The molecule has 5 aromatic rings. The first-order chi connectivity index (χ1) is 30.9. The van der Waals surface area contributed by atoms with Crippen LogP contribution in [-0.4, -0.2) is 126 Å². The van der Waals surface area contributed by atoms with E-state index in [0.29, 0.717) is 63.2 Å². The van der Waals surface area contributed by atoms with E-state index in [0.717, 1.165) is 95.0 Å². The Bertz CT molecular complexity index is 2580.